The number of rotatable bonds is 6. The van der Waals surface area contributed by atoms with E-state index in [0.29, 0.717) is 15.7 Å². The molecule has 2 heterocycles. The van der Waals surface area contributed by atoms with Gasteiger partial charge in [0.2, 0.25) is 5.91 Å². The zero-order chi connectivity index (χ0) is 20.3. The molecule has 0 atom stereocenters. The Morgan fingerprint density at radius 1 is 1.32 bits per heavy atom. The summed E-state index contributed by atoms with van der Waals surface area (Å²) in [5.41, 5.74) is 1.37. The van der Waals surface area contributed by atoms with Gasteiger partial charge in [-0.3, -0.25) is 4.79 Å². The molecular weight excluding hydrogens is 413 g/mol. The van der Waals surface area contributed by atoms with Crippen LogP contribution in [0.25, 0.3) is 10.6 Å². The van der Waals surface area contributed by atoms with Crippen LogP contribution in [-0.2, 0) is 24.3 Å². The van der Waals surface area contributed by atoms with Crippen molar-refractivity contribution < 1.29 is 18.0 Å². The highest BCUT2D eigenvalue weighted by molar-refractivity contribution is 7.13. The molecule has 0 aliphatic carbocycles. The van der Waals surface area contributed by atoms with Crippen molar-refractivity contribution in [2.75, 3.05) is 7.05 Å². The Labute approximate surface area is 168 Å². The molecule has 0 aliphatic heterocycles. The minimum atomic E-state index is -4.35. The number of hydrogen-bond donors (Lipinski definition) is 0. The molecule has 28 heavy (non-hydrogen) atoms. The molecular formula is C18H16ClF3N4OS. The molecule has 0 bridgehead atoms. The van der Waals surface area contributed by atoms with Crippen LogP contribution < -0.4 is 0 Å². The minimum absolute atomic E-state index is 0.0244. The van der Waals surface area contributed by atoms with E-state index in [0.717, 1.165) is 10.1 Å². The summed E-state index contributed by atoms with van der Waals surface area (Å²) in [5, 5.41) is 3.05. The molecule has 0 unspecified atom stereocenters. The van der Waals surface area contributed by atoms with Crippen molar-refractivity contribution in [2.24, 2.45) is 0 Å². The third-order valence-corrected chi connectivity index (χ3v) is 5.20. The Balaban J connectivity index is 1.64. The van der Waals surface area contributed by atoms with E-state index in [1.165, 1.54) is 35.7 Å². The third kappa shape index (κ3) is 5.11. The summed E-state index contributed by atoms with van der Waals surface area (Å²) >= 11 is 7.54. The van der Waals surface area contributed by atoms with Gasteiger partial charge in [-0.05, 0) is 6.07 Å². The zero-order valence-corrected chi connectivity index (χ0v) is 16.4. The molecule has 0 radical (unpaired) electrons. The van der Waals surface area contributed by atoms with Gasteiger partial charge < -0.3 is 9.47 Å². The molecule has 10 heteroatoms. The second kappa shape index (κ2) is 8.32. The predicted octanol–water partition coefficient (Wildman–Crippen LogP) is 4.42. The van der Waals surface area contributed by atoms with Gasteiger partial charge in [0, 0.05) is 30.4 Å². The molecule has 1 aromatic carbocycles. The van der Waals surface area contributed by atoms with Gasteiger partial charge in [0.05, 0.1) is 23.7 Å². The first-order chi connectivity index (χ1) is 13.2. The van der Waals surface area contributed by atoms with Crippen LogP contribution in [0.1, 0.15) is 11.5 Å². The fraction of sp³-hybridized carbons (Fsp3) is 0.278. The molecule has 0 aliphatic rings. The summed E-state index contributed by atoms with van der Waals surface area (Å²) in [6, 6.07) is 7.28. The average Bonchev–Trinajstić information content (AvgIpc) is 3.24. The summed E-state index contributed by atoms with van der Waals surface area (Å²) in [5.74, 6) is -0.0965. The Morgan fingerprint density at radius 3 is 2.79 bits per heavy atom. The molecule has 0 saturated heterocycles. The topological polar surface area (TPSA) is 51.0 Å². The van der Waals surface area contributed by atoms with Crippen molar-refractivity contribution in [1.29, 1.82) is 0 Å². The standard InChI is InChI=1S/C18H16ClF3N4OS/c1-25(9-15-23-6-7-26(15)11-18(20,21)22)16(27)8-12-10-28-17(24-12)13-4-2-3-5-14(13)19/h2-7,10H,8-9,11H2,1H3. The number of amides is 1. The number of thiazole rings is 1. The van der Waals surface area contributed by atoms with Crippen molar-refractivity contribution in [3.8, 4) is 10.6 Å². The van der Waals surface area contributed by atoms with Crippen molar-refractivity contribution in [1.82, 2.24) is 19.4 Å². The lowest BCUT2D eigenvalue weighted by Gasteiger charge is -2.18. The van der Waals surface area contributed by atoms with E-state index in [1.54, 1.807) is 11.4 Å². The number of halogens is 4. The van der Waals surface area contributed by atoms with Gasteiger partial charge in [-0.1, -0.05) is 29.8 Å². The van der Waals surface area contributed by atoms with Crippen molar-refractivity contribution >= 4 is 28.8 Å². The van der Waals surface area contributed by atoms with Crippen LogP contribution in [0.15, 0.2) is 42.0 Å². The first kappa shape index (κ1) is 20.3. The summed E-state index contributed by atoms with van der Waals surface area (Å²) in [6.45, 7) is -1.17. The maximum absolute atomic E-state index is 12.6. The molecule has 0 N–H and O–H groups in total. The minimum Gasteiger partial charge on any atom is -0.338 e. The van der Waals surface area contributed by atoms with Gasteiger partial charge in [-0.15, -0.1) is 11.3 Å². The first-order valence-electron chi connectivity index (χ1n) is 8.23. The number of benzene rings is 1. The molecule has 2 aromatic heterocycles. The Bertz CT molecular complexity index is 970. The monoisotopic (exact) mass is 428 g/mol. The fourth-order valence-corrected chi connectivity index (χ4v) is 3.71. The first-order valence-corrected chi connectivity index (χ1v) is 9.49. The van der Waals surface area contributed by atoms with Gasteiger partial charge in [-0.2, -0.15) is 13.2 Å². The molecule has 0 saturated carbocycles. The van der Waals surface area contributed by atoms with Crippen LogP contribution in [0, 0.1) is 0 Å². The molecule has 3 aromatic rings. The highest BCUT2D eigenvalue weighted by Crippen LogP contribution is 2.30. The number of carbonyl (C=O) groups excluding carboxylic acids is 1. The van der Waals surface area contributed by atoms with E-state index in [1.807, 2.05) is 18.2 Å². The number of carbonyl (C=O) groups is 1. The molecule has 0 fully saturated rings. The number of likely N-dealkylation sites (N-methyl/N-ethyl adjacent to an activating group) is 1. The Hall–Kier alpha value is -2.39. The smallest absolute Gasteiger partial charge is 0.338 e. The van der Waals surface area contributed by atoms with Crippen LogP contribution in [0.3, 0.4) is 0 Å². The van der Waals surface area contributed by atoms with E-state index >= 15 is 0 Å². The Morgan fingerprint density at radius 2 is 2.07 bits per heavy atom. The van der Waals surface area contributed by atoms with Crippen LogP contribution >= 0.6 is 22.9 Å². The van der Waals surface area contributed by atoms with E-state index in [2.05, 4.69) is 9.97 Å². The SMILES string of the molecule is CN(Cc1nccn1CC(F)(F)F)C(=O)Cc1csc(-c2ccccc2Cl)n1. The summed E-state index contributed by atoms with van der Waals surface area (Å²) in [6.07, 6.45) is -1.78. The molecule has 5 nitrogen and oxygen atoms in total. The van der Waals surface area contributed by atoms with E-state index in [9.17, 15) is 18.0 Å². The summed E-state index contributed by atoms with van der Waals surface area (Å²) < 4.78 is 38.8. The molecule has 148 valence electrons. The van der Waals surface area contributed by atoms with Crippen LogP contribution in [0.2, 0.25) is 5.02 Å². The quantitative estimate of drug-likeness (QED) is 0.584. The van der Waals surface area contributed by atoms with Crippen molar-refractivity contribution in [2.45, 2.75) is 25.7 Å². The van der Waals surface area contributed by atoms with Gasteiger partial charge in [0.25, 0.3) is 0 Å². The van der Waals surface area contributed by atoms with Crippen LogP contribution in [0.4, 0.5) is 13.2 Å². The number of alkyl halides is 3. The van der Waals surface area contributed by atoms with E-state index in [4.69, 9.17) is 11.6 Å². The number of aromatic nitrogens is 3. The second-order valence-corrected chi connectivity index (χ2v) is 7.40. The third-order valence-electron chi connectivity index (χ3n) is 3.94. The second-order valence-electron chi connectivity index (χ2n) is 6.14. The maximum Gasteiger partial charge on any atom is 0.406 e. The lowest BCUT2D eigenvalue weighted by atomic mass is 10.2. The predicted molar refractivity (Wildman–Crippen MR) is 101 cm³/mol. The average molecular weight is 429 g/mol. The van der Waals surface area contributed by atoms with Gasteiger partial charge in [0.15, 0.2) is 0 Å². The maximum atomic E-state index is 12.6. The van der Waals surface area contributed by atoms with Crippen molar-refractivity contribution in [3.05, 3.63) is 58.6 Å². The summed E-state index contributed by atoms with van der Waals surface area (Å²) in [4.78, 5) is 22.2. The van der Waals surface area contributed by atoms with Gasteiger partial charge >= 0.3 is 6.18 Å². The Kier molecular flexibility index (Phi) is 6.04. The fourth-order valence-electron chi connectivity index (χ4n) is 2.57. The normalized spacial score (nSPS) is 11.6. The van der Waals surface area contributed by atoms with E-state index in [-0.39, 0.29) is 24.7 Å². The van der Waals surface area contributed by atoms with Crippen LogP contribution in [0.5, 0.6) is 0 Å². The number of imidazole rings is 1. The molecule has 1 amide bonds. The highest BCUT2D eigenvalue weighted by atomic mass is 35.5. The summed E-state index contributed by atoms with van der Waals surface area (Å²) in [7, 11) is 1.52. The van der Waals surface area contributed by atoms with E-state index < -0.39 is 12.7 Å². The lowest BCUT2D eigenvalue weighted by molar-refractivity contribution is -0.141. The number of hydrogen-bond acceptors (Lipinski definition) is 4. The van der Waals surface area contributed by atoms with Crippen molar-refractivity contribution in [3.63, 3.8) is 0 Å². The lowest BCUT2D eigenvalue weighted by Crippen LogP contribution is -2.30. The largest absolute Gasteiger partial charge is 0.406 e. The van der Waals surface area contributed by atoms with Crippen LogP contribution in [-0.4, -0.2) is 38.6 Å². The highest BCUT2D eigenvalue weighted by Gasteiger charge is 2.29. The molecule has 3 rings (SSSR count). The van der Waals surface area contributed by atoms with Gasteiger partial charge in [0.1, 0.15) is 17.4 Å². The van der Waals surface area contributed by atoms with Gasteiger partial charge in [-0.25, -0.2) is 9.97 Å². The molecule has 0 spiro atoms. The zero-order valence-electron chi connectivity index (χ0n) is 14.8. The number of nitrogens with zero attached hydrogens (tertiary/aromatic N) is 4.